The van der Waals surface area contributed by atoms with Crippen LogP contribution in [0.2, 0.25) is 0 Å². The quantitative estimate of drug-likeness (QED) is 0.495. The van der Waals surface area contributed by atoms with E-state index in [1.807, 2.05) is 0 Å². The molecule has 3 nitrogen and oxygen atoms in total. The summed E-state index contributed by atoms with van der Waals surface area (Å²) in [6.07, 6.45) is -0.390. The van der Waals surface area contributed by atoms with E-state index in [1.54, 1.807) is 6.92 Å². The number of hydrogen-bond acceptors (Lipinski definition) is 2. The van der Waals surface area contributed by atoms with Gasteiger partial charge in [0.15, 0.2) is 0 Å². The minimum absolute atomic E-state index is 0.139. The number of hydrogen-bond donors (Lipinski definition) is 1. The van der Waals surface area contributed by atoms with Crippen LogP contribution in [0.5, 0.6) is 0 Å². The molecule has 0 rings (SSSR count). The molecule has 0 aliphatic rings. The van der Waals surface area contributed by atoms with E-state index in [1.165, 1.54) is 14.0 Å². The summed E-state index contributed by atoms with van der Waals surface area (Å²) >= 11 is 5.65. The highest BCUT2D eigenvalue weighted by Gasteiger charge is 2.13. The van der Waals surface area contributed by atoms with Gasteiger partial charge in [-0.3, -0.25) is 4.79 Å². The first-order chi connectivity index (χ1) is 4.57. The van der Waals surface area contributed by atoms with Crippen LogP contribution in [-0.4, -0.2) is 24.6 Å². The van der Waals surface area contributed by atoms with Gasteiger partial charge in [-0.05, 0) is 6.92 Å². The molecule has 1 amide bonds. The largest absolute Gasteiger partial charge is 0.360 e. The normalized spacial score (nSPS) is 16.0. The maximum Gasteiger partial charge on any atom is 0.218 e. The standard InChI is InChI=1S/C6H12ClNO2/c1-4(7)6(10-3)8-5(2)9/h4,6H,1-3H3,(H,8,9). The van der Waals surface area contributed by atoms with Gasteiger partial charge in [0.2, 0.25) is 5.91 Å². The van der Waals surface area contributed by atoms with Crippen molar-refractivity contribution in [3.63, 3.8) is 0 Å². The van der Waals surface area contributed by atoms with Crippen molar-refractivity contribution in [1.29, 1.82) is 0 Å². The minimum Gasteiger partial charge on any atom is -0.360 e. The molecule has 0 aliphatic carbocycles. The Morgan fingerprint density at radius 2 is 2.20 bits per heavy atom. The summed E-state index contributed by atoms with van der Waals surface area (Å²) in [6.45, 7) is 3.18. The fraction of sp³-hybridized carbons (Fsp3) is 0.833. The topological polar surface area (TPSA) is 38.3 Å². The third kappa shape index (κ3) is 3.69. The Morgan fingerprint density at radius 1 is 1.70 bits per heavy atom. The second-order valence-corrected chi connectivity index (χ2v) is 2.72. The van der Waals surface area contributed by atoms with Gasteiger partial charge in [0.05, 0.1) is 5.38 Å². The molecule has 1 N–H and O–H groups in total. The zero-order valence-electron chi connectivity index (χ0n) is 6.35. The molecular weight excluding hydrogens is 154 g/mol. The van der Waals surface area contributed by atoms with E-state index in [-0.39, 0.29) is 17.5 Å². The van der Waals surface area contributed by atoms with Crippen molar-refractivity contribution in [2.24, 2.45) is 0 Å². The molecule has 0 aromatic carbocycles. The number of carbonyl (C=O) groups excluding carboxylic acids is 1. The summed E-state index contributed by atoms with van der Waals surface area (Å²) in [5.41, 5.74) is 0. The predicted molar refractivity (Wildman–Crippen MR) is 39.9 cm³/mol. The highest BCUT2D eigenvalue weighted by molar-refractivity contribution is 6.20. The SMILES string of the molecule is COC(NC(C)=O)C(C)Cl. The lowest BCUT2D eigenvalue weighted by atomic mass is 10.4. The molecule has 0 saturated heterocycles. The molecule has 0 aliphatic heterocycles. The number of methoxy groups -OCH3 is 1. The fourth-order valence-electron chi connectivity index (χ4n) is 0.562. The van der Waals surface area contributed by atoms with Gasteiger partial charge in [-0.15, -0.1) is 11.6 Å². The van der Waals surface area contributed by atoms with Crippen LogP contribution in [0.25, 0.3) is 0 Å². The molecule has 0 aromatic heterocycles. The van der Waals surface area contributed by atoms with Gasteiger partial charge in [0.25, 0.3) is 0 Å². The Bertz CT molecular complexity index is 116. The average molecular weight is 166 g/mol. The van der Waals surface area contributed by atoms with E-state index in [2.05, 4.69) is 5.32 Å². The number of nitrogens with one attached hydrogen (secondary N) is 1. The molecule has 60 valence electrons. The van der Waals surface area contributed by atoms with E-state index in [4.69, 9.17) is 16.3 Å². The van der Waals surface area contributed by atoms with Crippen molar-refractivity contribution in [1.82, 2.24) is 5.32 Å². The van der Waals surface area contributed by atoms with Crippen LogP contribution in [-0.2, 0) is 9.53 Å². The van der Waals surface area contributed by atoms with Gasteiger partial charge >= 0.3 is 0 Å². The molecule has 0 bridgehead atoms. The molecule has 0 heterocycles. The number of amides is 1. The molecule has 0 fully saturated rings. The van der Waals surface area contributed by atoms with E-state index in [0.717, 1.165) is 0 Å². The lowest BCUT2D eigenvalue weighted by Crippen LogP contribution is -2.40. The number of carbonyl (C=O) groups is 1. The van der Waals surface area contributed by atoms with E-state index < -0.39 is 0 Å². The van der Waals surface area contributed by atoms with Crippen molar-refractivity contribution < 1.29 is 9.53 Å². The number of halogens is 1. The summed E-state index contributed by atoms with van der Waals surface area (Å²) in [5, 5.41) is 2.32. The van der Waals surface area contributed by atoms with Crippen LogP contribution >= 0.6 is 11.6 Å². The molecule has 0 saturated carbocycles. The summed E-state index contributed by atoms with van der Waals surface area (Å²) < 4.78 is 4.86. The molecule has 0 radical (unpaired) electrons. The van der Waals surface area contributed by atoms with Crippen LogP contribution in [0.1, 0.15) is 13.8 Å². The maximum atomic E-state index is 10.5. The van der Waals surface area contributed by atoms with Crippen molar-refractivity contribution in [3.05, 3.63) is 0 Å². The molecule has 2 unspecified atom stereocenters. The summed E-state index contributed by atoms with van der Waals surface area (Å²) in [4.78, 5) is 10.5. The lowest BCUT2D eigenvalue weighted by Gasteiger charge is -2.17. The maximum absolute atomic E-state index is 10.5. The highest BCUT2D eigenvalue weighted by Crippen LogP contribution is 2.01. The fourth-order valence-corrected chi connectivity index (χ4v) is 0.727. The third-order valence-corrected chi connectivity index (χ3v) is 1.25. The van der Waals surface area contributed by atoms with Gasteiger partial charge in [-0.1, -0.05) is 0 Å². The second-order valence-electron chi connectivity index (χ2n) is 2.03. The van der Waals surface area contributed by atoms with Crippen molar-refractivity contribution in [2.75, 3.05) is 7.11 Å². The first-order valence-electron chi connectivity index (χ1n) is 3.02. The Kier molecular flexibility index (Phi) is 4.40. The summed E-state index contributed by atoms with van der Waals surface area (Å²) in [7, 11) is 1.50. The van der Waals surface area contributed by atoms with Gasteiger partial charge < -0.3 is 10.1 Å². The molecular formula is C6H12ClNO2. The molecule has 0 aromatic rings. The van der Waals surface area contributed by atoms with Crippen molar-refractivity contribution >= 4 is 17.5 Å². The first kappa shape index (κ1) is 9.72. The zero-order valence-corrected chi connectivity index (χ0v) is 7.11. The minimum atomic E-state index is -0.390. The Morgan fingerprint density at radius 3 is 2.30 bits per heavy atom. The van der Waals surface area contributed by atoms with Crippen LogP contribution < -0.4 is 5.32 Å². The van der Waals surface area contributed by atoms with Gasteiger partial charge in [0, 0.05) is 14.0 Å². The third-order valence-electron chi connectivity index (χ3n) is 1.02. The smallest absolute Gasteiger partial charge is 0.218 e. The van der Waals surface area contributed by atoms with E-state index >= 15 is 0 Å². The number of ether oxygens (including phenoxy) is 1. The van der Waals surface area contributed by atoms with Gasteiger partial charge in [-0.2, -0.15) is 0 Å². The molecule has 2 atom stereocenters. The van der Waals surface area contributed by atoms with Gasteiger partial charge in [0.1, 0.15) is 6.23 Å². The average Bonchev–Trinajstić information content (AvgIpc) is 1.81. The van der Waals surface area contributed by atoms with Crippen LogP contribution in [0, 0.1) is 0 Å². The Labute approximate surface area is 65.7 Å². The highest BCUT2D eigenvalue weighted by atomic mass is 35.5. The van der Waals surface area contributed by atoms with Gasteiger partial charge in [-0.25, -0.2) is 0 Å². The number of rotatable bonds is 3. The second kappa shape index (κ2) is 4.52. The number of alkyl halides is 1. The van der Waals surface area contributed by atoms with Crippen LogP contribution in [0.4, 0.5) is 0 Å². The summed E-state index contributed by atoms with van der Waals surface area (Å²) in [6, 6.07) is 0. The monoisotopic (exact) mass is 165 g/mol. The Balaban J connectivity index is 3.71. The zero-order chi connectivity index (χ0) is 8.15. The van der Waals surface area contributed by atoms with Crippen LogP contribution in [0.15, 0.2) is 0 Å². The molecule has 10 heavy (non-hydrogen) atoms. The van der Waals surface area contributed by atoms with Crippen LogP contribution in [0.3, 0.4) is 0 Å². The predicted octanol–water partition coefficient (Wildman–Crippen LogP) is 0.722. The van der Waals surface area contributed by atoms with E-state index in [0.29, 0.717) is 0 Å². The van der Waals surface area contributed by atoms with E-state index in [9.17, 15) is 4.79 Å². The lowest BCUT2D eigenvalue weighted by molar-refractivity contribution is -0.122. The van der Waals surface area contributed by atoms with Crippen molar-refractivity contribution in [2.45, 2.75) is 25.5 Å². The first-order valence-corrected chi connectivity index (χ1v) is 3.45. The molecule has 4 heteroatoms. The summed E-state index contributed by atoms with van der Waals surface area (Å²) in [5.74, 6) is -0.139. The van der Waals surface area contributed by atoms with Crippen molar-refractivity contribution in [3.8, 4) is 0 Å². The molecule has 0 spiro atoms. The Hall–Kier alpha value is -0.280.